The van der Waals surface area contributed by atoms with Crippen molar-refractivity contribution in [2.75, 3.05) is 6.61 Å². The molecule has 6 heteroatoms. The largest absolute Gasteiger partial charge is 0.461 e. The summed E-state index contributed by atoms with van der Waals surface area (Å²) in [5.41, 5.74) is 0.231. The highest BCUT2D eigenvalue weighted by Crippen LogP contribution is 2.12. The van der Waals surface area contributed by atoms with Gasteiger partial charge in [-0.05, 0) is 11.6 Å². The molecule has 4 nitrogen and oxygen atoms in total. The van der Waals surface area contributed by atoms with Gasteiger partial charge in [0.15, 0.2) is 17.3 Å². The van der Waals surface area contributed by atoms with E-state index in [0.717, 1.165) is 6.07 Å². The minimum Gasteiger partial charge on any atom is -0.461 e. The smallest absolute Gasteiger partial charge is 0.358 e. The molecule has 2 rings (SSSR count). The molecule has 98 valence electrons. The zero-order valence-corrected chi connectivity index (χ0v) is 9.85. The van der Waals surface area contributed by atoms with E-state index in [0.29, 0.717) is 0 Å². The Morgan fingerprint density at radius 3 is 2.84 bits per heavy atom. The number of rotatable bonds is 4. The van der Waals surface area contributed by atoms with Crippen LogP contribution in [-0.2, 0) is 11.2 Å². The van der Waals surface area contributed by atoms with Gasteiger partial charge in [-0.25, -0.2) is 18.6 Å². The lowest BCUT2D eigenvalue weighted by molar-refractivity contribution is 0.0501. The number of carbonyl (C=O) groups excluding carboxylic acids is 1. The third kappa shape index (κ3) is 3.31. The van der Waals surface area contributed by atoms with Crippen LogP contribution in [0, 0.1) is 11.6 Å². The van der Waals surface area contributed by atoms with E-state index in [1.165, 1.54) is 30.7 Å². The number of hydrogen-bond acceptors (Lipinski definition) is 4. The normalized spacial score (nSPS) is 10.2. The lowest BCUT2D eigenvalue weighted by Gasteiger charge is -2.05. The molecule has 0 radical (unpaired) electrons. The van der Waals surface area contributed by atoms with Crippen LogP contribution in [0.3, 0.4) is 0 Å². The SMILES string of the molecule is O=C(OCCc1cccc(F)c1F)c1cnccn1. The fourth-order valence-electron chi connectivity index (χ4n) is 1.47. The zero-order chi connectivity index (χ0) is 13.7. The van der Waals surface area contributed by atoms with Crippen molar-refractivity contribution >= 4 is 5.97 Å². The summed E-state index contributed by atoms with van der Waals surface area (Å²) in [6, 6.07) is 3.87. The summed E-state index contributed by atoms with van der Waals surface area (Å²) in [6.07, 6.45) is 4.16. The molecular formula is C13H10F2N2O2. The van der Waals surface area contributed by atoms with Gasteiger partial charge in [-0.2, -0.15) is 0 Å². The van der Waals surface area contributed by atoms with Gasteiger partial charge in [0, 0.05) is 18.8 Å². The third-order valence-electron chi connectivity index (χ3n) is 2.41. The Bertz CT molecular complexity index is 576. The lowest BCUT2D eigenvalue weighted by atomic mass is 10.1. The molecule has 0 unspecified atom stereocenters. The summed E-state index contributed by atoms with van der Waals surface area (Å²) < 4.78 is 31.1. The maximum Gasteiger partial charge on any atom is 0.358 e. The molecule has 0 aliphatic rings. The van der Waals surface area contributed by atoms with Crippen molar-refractivity contribution in [1.29, 1.82) is 0 Å². The molecule has 19 heavy (non-hydrogen) atoms. The number of benzene rings is 1. The zero-order valence-electron chi connectivity index (χ0n) is 9.85. The fourth-order valence-corrected chi connectivity index (χ4v) is 1.47. The molecular weight excluding hydrogens is 254 g/mol. The van der Waals surface area contributed by atoms with Gasteiger partial charge in [-0.3, -0.25) is 4.98 Å². The van der Waals surface area contributed by atoms with Crippen molar-refractivity contribution in [2.24, 2.45) is 0 Å². The van der Waals surface area contributed by atoms with Crippen LogP contribution in [0.15, 0.2) is 36.8 Å². The summed E-state index contributed by atoms with van der Waals surface area (Å²) in [5, 5.41) is 0. The number of nitrogens with zero attached hydrogens (tertiary/aromatic N) is 2. The predicted octanol–water partition coefficient (Wildman–Crippen LogP) is 2.15. The van der Waals surface area contributed by atoms with Crippen LogP contribution in [0.25, 0.3) is 0 Å². The second kappa shape index (κ2) is 5.99. The Kier molecular flexibility index (Phi) is 4.12. The van der Waals surface area contributed by atoms with Crippen molar-refractivity contribution in [3.63, 3.8) is 0 Å². The van der Waals surface area contributed by atoms with E-state index in [4.69, 9.17) is 4.74 Å². The van der Waals surface area contributed by atoms with Crippen LogP contribution in [-0.4, -0.2) is 22.5 Å². The number of ether oxygens (including phenoxy) is 1. The van der Waals surface area contributed by atoms with Gasteiger partial charge in [0.2, 0.25) is 0 Å². The monoisotopic (exact) mass is 264 g/mol. The standard InChI is InChI=1S/C13H10F2N2O2/c14-10-3-1-2-9(12(10)15)4-7-19-13(18)11-8-16-5-6-17-11/h1-3,5-6,8H,4,7H2. The van der Waals surface area contributed by atoms with Crippen LogP contribution < -0.4 is 0 Å². The number of carbonyl (C=O) groups is 1. The average molecular weight is 264 g/mol. The van der Waals surface area contributed by atoms with Crippen molar-refractivity contribution in [3.05, 3.63) is 59.7 Å². The van der Waals surface area contributed by atoms with Crippen molar-refractivity contribution < 1.29 is 18.3 Å². The highest BCUT2D eigenvalue weighted by Gasteiger charge is 2.11. The Morgan fingerprint density at radius 1 is 1.26 bits per heavy atom. The van der Waals surface area contributed by atoms with E-state index in [-0.39, 0.29) is 24.3 Å². The second-order valence-corrected chi connectivity index (χ2v) is 3.69. The molecule has 1 aromatic carbocycles. The summed E-state index contributed by atoms with van der Waals surface area (Å²) >= 11 is 0. The molecule has 0 saturated heterocycles. The predicted molar refractivity (Wildman–Crippen MR) is 62.4 cm³/mol. The topological polar surface area (TPSA) is 52.1 Å². The van der Waals surface area contributed by atoms with E-state index < -0.39 is 17.6 Å². The summed E-state index contributed by atoms with van der Waals surface area (Å²) in [7, 11) is 0. The molecule has 0 amide bonds. The van der Waals surface area contributed by atoms with Crippen molar-refractivity contribution in [2.45, 2.75) is 6.42 Å². The minimum absolute atomic E-state index is 0.0597. The van der Waals surface area contributed by atoms with Crippen molar-refractivity contribution in [1.82, 2.24) is 9.97 Å². The molecule has 0 spiro atoms. The first-order valence-electron chi connectivity index (χ1n) is 5.54. The van der Waals surface area contributed by atoms with E-state index in [1.807, 2.05) is 0 Å². The van der Waals surface area contributed by atoms with Gasteiger partial charge in [0.25, 0.3) is 0 Å². The minimum atomic E-state index is -0.919. The van der Waals surface area contributed by atoms with Gasteiger partial charge in [0.1, 0.15) is 0 Å². The number of hydrogen-bond donors (Lipinski definition) is 0. The van der Waals surface area contributed by atoms with Gasteiger partial charge < -0.3 is 4.74 Å². The Morgan fingerprint density at radius 2 is 2.11 bits per heavy atom. The maximum absolute atomic E-state index is 13.3. The summed E-state index contributed by atoms with van der Waals surface area (Å²) in [5.74, 6) is -2.49. The first-order chi connectivity index (χ1) is 9.18. The highest BCUT2D eigenvalue weighted by molar-refractivity contribution is 5.86. The van der Waals surface area contributed by atoms with E-state index in [2.05, 4.69) is 9.97 Å². The molecule has 0 atom stereocenters. The first kappa shape index (κ1) is 13.1. The van der Waals surface area contributed by atoms with Gasteiger partial charge in [-0.1, -0.05) is 12.1 Å². The summed E-state index contributed by atoms with van der Waals surface area (Å²) in [6.45, 7) is -0.0597. The van der Waals surface area contributed by atoms with Gasteiger partial charge in [0.05, 0.1) is 12.8 Å². The first-order valence-corrected chi connectivity index (χ1v) is 5.54. The Balaban J connectivity index is 1.90. The molecule has 2 aromatic rings. The molecule has 0 fully saturated rings. The van der Waals surface area contributed by atoms with Gasteiger partial charge >= 0.3 is 5.97 Å². The number of halogens is 2. The van der Waals surface area contributed by atoms with Crippen LogP contribution in [0.2, 0.25) is 0 Å². The Labute approximate surface area is 108 Å². The quantitative estimate of drug-likeness (QED) is 0.794. The molecule has 0 aliphatic heterocycles. The third-order valence-corrected chi connectivity index (χ3v) is 2.41. The van der Waals surface area contributed by atoms with E-state index >= 15 is 0 Å². The average Bonchev–Trinajstić information content (AvgIpc) is 2.44. The van der Waals surface area contributed by atoms with Crippen LogP contribution in [0.5, 0.6) is 0 Å². The second-order valence-electron chi connectivity index (χ2n) is 3.69. The van der Waals surface area contributed by atoms with Crippen LogP contribution in [0.4, 0.5) is 8.78 Å². The molecule has 0 bridgehead atoms. The molecule has 0 aliphatic carbocycles. The Hall–Kier alpha value is -2.37. The van der Waals surface area contributed by atoms with Gasteiger partial charge in [-0.15, -0.1) is 0 Å². The van der Waals surface area contributed by atoms with E-state index in [1.54, 1.807) is 0 Å². The van der Waals surface area contributed by atoms with E-state index in [9.17, 15) is 13.6 Å². The van der Waals surface area contributed by atoms with Crippen molar-refractivity contribution in [3.8, 4) is 0 Å². The van der Waals surface area contributed by atoms with Crippen LogP contribution in [0.1, 0.15) is 16.1 Å². The number of aromatic nitrogens is 2. The lowest BCUT2D eigenvalue weighted by Crippen LogP contribution is -2.10. The molecule has 0 N–H and O–H groups in total. The van der Waals surface area contributed by atoms with Crippen LogP contribution >= 0.6 is 0 Å². The number of esters is 1. The highest BCUT2D eigenvalue weighted by atomic mass is 19.2. The molecule has 1 aromatic heterocycles. The molecule has 1 heterocycles. The maximum atomic E-state index is 13.3. The summed E-state index contributed by atoms with van der Waals surface area (Å²) in [4.78, 5) is 19.0. The molecule has 0 saturated carbocycles. The fraction of sp³-hybridized carbons (Fsp3) is 0.154.